The minimum absolute atomic E-state index is 0.0148. The highest BCUT2D eigenvalue weighted by atomic mass is 35.5. The first-order valence-electron chi connectivity index (χ1n) is 3.53. The SMILES string of the molecule is OCCCOc1nc(Cl)nc(Cl)n1. The second-order valence-corrected chi connectivity index (χ2v) is 2.76. The van der Waals surface area contributed by atoms with Crippen LogP contribution in [0.25, 0.3) is 0 Å². The molecule has 5 nitrogen and oxygen atoms in total. The van der Waals surface area contributed by atoms with Gasteiger partial charge in [-0.05, 0) is 23.2 Å². The molecule has 0 spiro atoms. The second kappa shape index (κ2) is 5.16. The number of ether oxygens (including phenoxy) is 1. The molecule has 1 heterocycles. The molecular formula is C6H7Cl2N3O2. The molecule has 0 aliphatic rings. The molecule has 0 aliphatic heterocycles. The Balaban J connectivity index is 2.56. The summed E-state index contributed by atoms with van der Waals surface area (Å²) in [5.74, 6) is 0. The molecule has 0 fully saturated rings. The molecule has 0 aromatic carbocycles. The molecule has 0 saturated carbocycles. The summed E-state index contributed by atoms with van der Waals surface area (Å²) in [7, 11) is 0. The highest BCUT2D eigenvalue weighted by Crippen LogP contribution is 2.11. The van der Waals surface area contributed by atoms with E-state index in [4.69, 9.17) is 33.0 Å². The molecule has 0 bridgehead atoms. The van der Waals surface area contributed by atoms with E-state index in [1.54, 1.807) is 0 Å². The zero-order valence-electron chi connectivity index (χ0n) is 6.57. The molecule has 0 aliphatic carbocycles. The molecule has 1 aromatic heterocycles. The van der Waals surface area contributed by atoms with E-state index >= 15 is 0 Å². The summed E-state index contributed by atoms with van der Waals surface area (Å²) < 4.78 is 5.02. The second-order valence-electron chi connectivity index (χ2n) is 2.08. The highest BCUT2D eigenvalue weighted by Gasteiger charge is 2.03. The van der Waals surface area contributed by atoms with E-state index in [1.165, 1.54) is 0 Å². The van der Waals surface area contributed by atoms with Crippen LogP contribution < -0.4 is 4.74 Å². The lowest BCUT2D eigenvalue weighted by Gasteiger charge is -2.02. The third-order valence-corrected chi connectivity index (χ3v) is 1.43. The Kier molecular flexibility index (Phi) is 4.14. The molecular weight excluding hydrogens is 217 g/mol. The van der Waals surface area contributed by atoms with Gasteiger partial charge in [-0.3, -0.25) is 0 Å². The van der Waals surface area contributed by atoms with Gasteiger partial charge in [0.1, 0.15) is 0 Å². The highest BCUT2D eigenvalue weighted by molar-refractivity contribution is 6.31. The van der Waals surface area contributed by atoms with Crippen LogP contribution >= 0.6 is 23.2 Å². The Morgan fingerprint density at radius 3 is 2.31 bits per heavy atom. The van der Waals surface area contributed by atoms with Crippen molar-refractivity contribution in [2.24, 2.45) is 0 Å². The van der Waals surface area contributed by atoms with Crippen LogP contribution in [0.4, 0.5) is 0 Å². The average molecular weight is 224 g/mol. The molecule has 0 radical (unpaired) electrons. The largest absolute Gasteiger partial charge is 0.463 e. The fraction of sp³-hybridized carbons (Fsp3) is 0.500. The average Bonchev–Trinajstić information content (AvgIpc) is 2.03. The van der Waals surface area contributed by atoms with Crippen LogP contribution in [0.3, 0.4) is 0 Å². The van der Waals surface area contributed by atoms with Crippen LogP contribution in [0.5, 0.6) is 6.01 Å². The van der Waals surface area contributed by atoms with Crippen LogP contribution in [0.1, 0.15) is 6.42 Å². The fourth-order valence-electron chi connectivity index (χ4n) is 0.602. The smallest absolute Gasteiger partial charge is 0.322 e. The summed E-state index contributed by atoms with van der Waals surface area (Å²) in [5.41, 5.74) is 0. The molecule has 0 amide bonds. The lowest BCUT2D eigenvalue weighted by atomic mass is 10.5. The molecule has 0 unspecified atom stereocenters. The van der Waals surface area contributed by atoms with Crippen molar-refractivity contribution in [3.63, 3.8) is 0 Å². The summed E-state index contributed by atoms with van der Waals surface area (Å²) in [6.07, 6.45) is 0.501. The predicted octanol–water partition coefficient (Wildman–Crippen LogP) is 0.940. The number of rotatable bonds is 4. The Morgan fingerprint density at radius 1 is 1.15 bits per heavy atom. The number of aliphatic hydroxyl groups excluding tert-OH is 1. The summed E-state index contributed by atoms with van der Waals surface area (Å²) in [4.78, 5) is 10.9. The fourth-order valence-corrected chi connectivity index (χ4v) is 0.949. The first-order chi connectivity index (χ1) is 6.22. The predicted molar refractivity (Wildman–Crippen MR) is 47.0 cm³/mol. The summed E-state index contributed by atoms with van der Waals surface area (Å²) in [6, 6.07) is 0.0680. The Labute approximate surface area is 84.7 Å². The van der Waals surface area contributed by atoms with Gasteiger partial charge in [0.15, 0.2) is 0 Å². The summed E-state index contributed by atoms with van der Waals surface area (Å²) in [5, 5.41) is 8.44. The number of nitrogens with zero attached hydrogens (tertiary/aromatic N) is 3. The van der Waals surface area contributed by atoms with Gasteiger partial charge in [0.25, 0.3) is 0 Å². The lowest BCUT2D eigenvalue weighted by Crippen LogP contribution is -2.03. The van der Waals surface area contributed by atoms with E-state index < -0.39 is 0 Å². The van der Waals surface area contributed by atoms with Crippen molar-refractivity contribution in [3.05, 3.63) is 10.6 Å². The maximum Gasteiger partial charge on any atom is 0.322 e. The van der Waals surface area contributed by atoms with Crippen molar-refractivity contribution in [3.8, 4) is 6.01 Å². The zero-order valence-corrected chi connectivity index (χ0v) is 8.09. The molecule has 1 aromatic rings. The first kappa shape index (κ1) is 10.4. The number of hydrogen-bond donors (Lipinski definition) is 1. The normalized spacial score (nSPS) is 10.1. The minimum Gasteiger partial charge on any atom is -0.463 e. The molecule has 1 rings (SSSR count). The number of hydrogen-bond acceptors (Lipinski definition) is 5. The summed E-state index contributed by atoms with van der Waals surface area (Å²) in [6.45, 7) is 0.361. The van der Waals surface area contributed by atoms with E-state index in [1.807, 2.05) is 0 Å². The van der Waals surface area contributed by atoms with Gasteiger partial charge in [0.2, 0.25) is 10.6 Å². The van der Waals surface area contributed by atoms with Crippen LogP contribution in [0.2, 0.25) is 10.6 Å². The lowest BCUT2D eigenvalue weighted by molar-refractivity contribution is 0.224. The Morgan fingerprint density at radius 2 is 1.77 bits per heavy atom. The van der Waals surface area contributed by atoms with Gasteiger partial charge in [0.05, 0.1) is 6.61 Å². The van der Waals surface area contributed by atoms with Crippen molar-refractivity contribution >= 4 is 23.2 Å². The third-order valence-electron chi connectivity index (χ3n) is 1.09. The summed E-state index contributed by atoms with van der Waals surface area (Å²) >= 11 is 11.0. The van der Waals surface area contributed by atoms with Crippen LogP contribution in [0, 0.1) is 0 Å². The molecule has 7 heteroatoms. The van der Waals surface area contributed by atoms with Crippen LogP contribution in [-0.2, 0) is 0 Å². The van der Waals surface area contributed by atoms with Crippen molar-refractivity contribution in [1.82, 2.24) is 15.0 Å². The van der Waals surface area contributed by atoms with Gasteiger partial charge in [-0.1, -0.05) is 0 Å². The van der Waals surface area contributed by atoms with E-state index in [9.17, 15) is 0 Å². The number of aromatic nitrogens is 3. The van der Waals surface area contributed by atoms with Gasteiger partial charge < -0.3 is 9.84 Å². The molecule has 1 N–H and O–H groups in total. The van der Waals surface area contributed by atoms with E-state index in [-0.39, 0.29) is 23.2 Å². The van der Waals surface area contributed by atoms with Crippen LogP contribution in [-0.4, -0.2) is 33.3 Å². The minimum atomic E-state index is -0.0148. The third kappa shape index (κ3) is 3.71. The Hall–Kier alpha value is -0.650. The molecule has 13 heavy (non-hydrogen) atoms. The number of halogens is 2. The first-order valence-corrected chi connectivity index (χ1v) is 4.28. The monoisotopic (exact) mass is 223 g/mol. The number of aliphatic hydroxyl groups is 1. The topological polar surface area (TPSA) is 68.1 Å². The van der Waals surface area contributed by atoms with Crippen molar-refractivity contribution in [2.45, 2.75) is 6.42 Å². The maximum absolute atomic E-state index is 8.47. The van der Waals surface area contributed by atoms with Crippen molar-refractivity contribution < 1.29 is 9.84 Å². The van der Waals surface area contributed by atoms with Crippen molar-refractivity contribution in [1.29, 1.82) is 0 Å². The van der Waals surface area contributed by atoms with Gasteiger partial charge in [-0.2, -0.15) is 15.0 Å². The van der Waals surface area contributed by atoms with E-state index in [2.05, 4.69) is 15.0 Å². The van der Waals surface area contributed by atoms with Crippen molar-refractivity contribution in [2.75, 3.05) is 13.2 Å². The van der Waals surface area contributed by atoms with E-state index in [0.717, 1.165) is 0 Å². The maximum atomic E-state index is 8.47. The zero-order chi connectivity index (χ0) is 9.68. The van der Waals surface area contributed by atoms with Crippen LogP contribution in [0.15, 0.2) is 0 Å². The van der Waals surface area contributed by atoms with Gasteiger partial charge >= 0.3 is 6.01 Å². The molecule has 72 valence electrons. The molecule has 0 atom stereocenters. The van der Waals surface area contributed by atoms with Gasteiger partial charge in [0, 0.05) is 13.0 Å². The van der Waals surface area contributed by atoms with Gasteiger partial charge in [-0.25, -0.2) is 0 Å². The quantitative estimate of drug-likeness (QED) is 0.770. The molecule has 0 saturated heterocycles. The standard InChI is InChI=1S/C6H7Cl2N3O2/c7-4-9-5(8)11-6(10-4)13-3-1-2-12/h12H,1-3H2. The van der Waals surface area contributed by atoms with Gasteiger partial charge in [-0.15, -0.1) is 0 Å². The van der Waals surface area contributed by atoms with E-state index in [0.29, 0.717) is 13.0 Å². The Bertz CT molecular complexity index is 264.